The van der Waals surface area contributed by atoms with Crippen molar-refractivity contribution in [1.82, 2.24) is 4.90 Å². The van der Waals surface area contributed by atoms with Crippen LogP contribution in [0.25, 0.3) is 0 Å². The molecule has 148 valence electrons. The Morgan fingerprint density at radius 1 is 1.07 bits per heavy atom. The summed E-state index contributed by atoms with van der Waals surface area (Å²) in [6.07, 6.45) is 4.79. The predicted octanol–water partition coefficient (Wildman–Crippen LogP) is 3.51. The lowest BCUT2D eigenvalue weighted by atomic mass is 9.95. The van der Waals surface area contributed by atoms with Gasteiger partial charge >= 0.3 is 0 Å². The molecule has 2 aliphatic heterocycles. The fourth-order valence-corrected chi connectivity index (χ4v) is 3.94. The summed E-state index contributed by atoms with van der Waals surface area (Å²) in [5.41, 5.74) is 1.07. The molecule has 2 aliphatic rings. The molecule has 2 fully saturated rings. The van der Waals surface area contributed by atoms with Crippen molar-refractivity contribution >= 4 is 23.2 Å². The third-order valence-electron chi connectivity index (χ3n) is 5.55. The first-order valence-electron chi connectivity index (χ1n) is 9.80. The van der Waals surface area contributed by atoms with Crippen molar-refractivity contribution in [2.45, 2.75) is 25.7 Å². The molecule has 28 heavy (non-hydrogen) atoms. The molecule has 0 unspecified atom stereocenters. The van der Waals surface area contributed by atoms with Crippen LogP contribution in [0.4, 0.5) is 15.8 Å². The van der Waals surface area contributed by atoms with Crippen LogP contribution >= 0.6 is 0 Å². The lowest BCUT2D eigenvalue weighted by molar-refractivity contribution is -0.121. The normalized spacial score (nSPS) is 17.8. The third kappa shape index (κ3) is 3.88. The van der Waals surface area contributed by atoms with Crippen LogP contribution < -0.4 is 10.2 Å². The second kappa shape index (κ2) is 8.04. The monoisotopic (exact) mass is 385 g/mol. The Bertz CT molecular complexity index is 839. The van der Waals surface area contributed by atoms with Crippen molar-refractivity contribution in [3.8, 4) is 0 Å². The molecular weight excluding hydrogens is 361 g/mol. The van der Waals surface area contributed by atoms with E-state index in [1.54, 1.807) is 29.2 Å². The van der Waals surface area contributed by atoms with E-state index in [-0.39, 0.29) is 23.5 Å². The highest BCUT2D eigenvalue weighted by molar-refractivity contribution is 5.94. The summed E-state index contributed by atoms with van der Waals surface area (Å²) in [6, 6.07) is 8.20. The number of rotatable bonds is 4. The van der Waals surface area contributed by atoms with E-state index < -0.39 is 0 Å². The molecule has 7 heteroatoms. The van der Waals surface area contributed by atoms with Crippen molar-refractivity contribution in [2.24, 2.45) is 5.92 Å². The van der Waals surface area contributed by atoms with E-state index in [1.807, 2.05) is 4.90 Å². The maximum absolute atomic E-state index is 14.4. The van der Waals surface area contributed by atoms with Crippen LogP contribution in [0.5, 0.6) is 0 Å². The zero-order chi connectivity index (χ0) is 19.5. The van der Waals surface area contributed by atoms with Gasteiger partial charge in [0.1, 0.15) is 5.82 Å². The molecule has 0 spiro atoms. The molecule has 4 rings (SSSR count). The number of nitrogens with zero attached hydrogens (tertiary/aromatic N) is 2. The number of piperidine rings is 1. The van der Waals surface area contributed by atoms with Crippen LogP contribution in [-0.4, -0.2) is 42.9 Å². The smallest absolute Gasteiger partial charge is 0.289 e. The number of likely N-dealkylation sites (tertiary alicyclic amines) is 1. The Kier molecular flexibility index (Phi) is 5.32. The molecule has 2 amide bonds. The van der Waals surface area contributed by atoms with Gasteiger partial charge in [-0.3, -0.25) is 9.59 Å². The van der Waals surface area contributed by atoms with Gasteiger partial charge in [0.05, 0.1) is 12.0 Å². The topological polar surface area (TPSA) is 65.8 Å². The highest BCUT2D eigenvalue weighted by Crippen LogP contribution is 2.27. The lowest BCUT2D eigenvalue weighted by Gasteiger charge is -2.30. The van der Waals surface area contributed by atoms with E-state index in [1.165, 1.54) is 12.3 Å². The molecule has 2 saturated heterocycles. The number of halogens is 1. The van der Waals surface area contributed by atoms with Crippen LogP contribution in [-0.2, 0) is 4.79 Å². The van der Waals surface area contributed by atoms with E-state index in [2.05, 4.69) is 5.32 Å². The van der Waals surface area contributed by atoms with Crippen LogP contribution in [0, 0.1) is 11.7 Å². The number of hydrogen-bond acceptors (Lipinski definition) is 4. The average molecular weight is 385 g/mol. The standard InChI is InChI=1S/C21H24FN3O3/c22-17-14-16(5-6-18(17)24-9-1-2-10-24)23-20(26)15-7-11-25(12-8-15)21(27)19-4-3-13-28-19/h3-6,13-15H,1-2,7-12H2,(H,23,26). The number of furan rings is 1. The van der Waals surface area contributed by atoms with Crippen LogP contribution in [0.15, 0.2) is 41.0 Å². The van der Waals surface area contributed by atoms with Gasteiger partial charge in [-0.25, -0.2) is 4.39 Å². The van der Waals surface area contributed by atoms with Crippen molar-refractivity contribution < 1.29 is 18.4 Å². The quantitative estimate of drug-likeness (QED) is 0.875. The Morgan fingerprint density at radius 2 is 1.82 bits per heavy atom. The van der Waals surface area contributed by atoms with Gasteiger partial charge in [0, 0.05) is 37.8 Å². The third-order valence-corrected chi connectivity index (χ3v) is 5.55. The first kappa shape index (κ1) is 18.5. The summed E-state index contributed by atoms with van der Waals surface area (Å²) in [5, 5.41) is 2.82. The van der Waals surface area contributed by atoms with E-state index in [4.69, 9.17) is 4.42 Å². The summed E-state index contributed by atoms with van der Waals surface area (Å²) < 4.78 is 19.6. The van der Waals surface area contributed by atoms with Gasteiger partial charge < -0.3 is 19.5 Å². The first-order chi connectivity index (χ1) is 13.6. The lowest BCUT2D eigenvalue weighted by Crippen LogP contribution is -2.41. The molecule has 0 bridgehead atoms. The number of carbonyl (C=O) groups is 2. The number of carbonyl (C=O) groups excluding carboxylic acids is 2. The average Bonchev–Trinajstić information content (AvgIpc) is 3.42. The van der Waals surface area contributed by atoms with Crippen LogP contribution in [0.3, 0.4) is 0 Å². The van der Waals surface area contributed by atoms with E-state index in [0.717, 1.165) is 25.9 Å². The number of anilines is 2. The SMILES string of the molecule is O=C(Nc1ccc(N2CCCC2)c(F)c1)C1CCN(C(=O)c2ccco2)CC1. The minimum atomic E-state index is -0.307. The molecule has 0 radical (unpaired) electrons. The number of hydrogen-bond donors (Lipinski definition) is 1. The van der Waals surface area contributed by atoms with Crippen molar-refractivity contribution in [1.29, 1.82) is 0 Å². The summed E-state index contributed by atoms with van der Waals surface area (Å²) >= 11 is 0. The Morgan fingerprint density at radius 3 is 2.46 bits per heavy atom. The Hall–Kier alpha value is -2.83. The maximum Gasteiger partial charge on any atom is 0.289 e. The number of amides is 2. The van der Waals surface area contributed by atoms with Gasteiger partial charge in [0.15, 0.2) is 5.76 Å². The minimum Gasteiger partial charge on any atom is -0.459 e. The number of benzene rings is 1. The molecule has 1 aromatic heterocycles. The van der Waals surface area contributed by atoms with Crippen molar-refractivity contribution in [2.75, 3.05) is 36.4 Å². The molecule has 0 saturated carbocycles. The van der Waals surface area contributed by atoms with E-state index in [9.17, 15) is 14.0 Å². The van der Waals surface area contributed by atoms with Crippen LogP contribution in [0.1, 0.15) is 36.2 Å². The van der Waals surface area contributed by atoms with Gasteiger partial charge in [-0.1, -0.05) is 0 Å². The zero-order valence-corrected chi connectivity index (χ0v) is 15.7. The molecule has 1 aromatic carbocycles. The molecule has 0 aliphatic carbocycles. The van der Waals surface area contributed by atoms with Crippen molar-refractivity contribution in [3.63, 3.8) is 0 Å². The fraction of sp³-hybridized carbons (Fsp3) is 0.429. The summed E-state index contributed by atoms with van der Waals surface area (Å²) in [4.78, 5) is 28.6. The zero-order valence-electron chi connectivity index (χ0n) is 15.7. The minimum absolute atomic E-state index is 0.126. The highest BCUT2D eigenvalue weighted by Gasteiger charge is 2.29. The highest BCUT2D eigenvalue weighted by atomic mass is 19.1. The first-order valence-corrected chi connectivity index (χ1v) is 9.80. The summed E-state index contributed by atoms with van der Waals surface area (Å²) in [5.74, 6) is -0.459. The Balaban J connectivity index is 1.32. The summed E-state index contributed by atoms with van der Waals surface area (Å²) in [7, 11) is 0. The van der Waals surface area contributed by atoms with Gasteiger partial charge in [-0.05, 0) is 56.0 Å². The van der Waals surface area contributed by atoms with E-state index in [0.29, 0.717) is 43.1 Å². The van der Waals surface area contributed by atoms with Gasteiger partial charge in [-0.15, -0.1) is 0 Å². The van der Waals surface area contributed by atoms with Gasteiger partial charge in [0.2, 0.25) is 5.91 Å². The van der Waals surface area contributed by atoms with Gasteiger partial charge in [-0.2, -0.15) is 0 Å². The second-order valence-electron chi connectivity index (χ2n) is 7.39. The molecule has 6 nitrogen and oxygen atoms in total. The molecule has 3 heterocycles. The second-order valence-corrected chi connectivity index (χ2v) is 7.39. The molecule has 1 N–H and O–H groups in total. The Labute approximate surface area is 163 Å². The van der Waals surface area contributed by atoms with Crippen molar-refractivity contribution in [3.05, 3.63) is 48.2 Å². The predicted molar refractivity (Wildman–Crippen MR) is 104 cm³/mol. The molecule has 2 aromatic rings. The number of nitrogens with one attached hydrogen (secondary N) is 1. The van der Waals surface area contributed by atoms with Crippen LogP contribution in [0.2, 0.25) is 0 Å². The van der Waals surface area contributed by atoms with E-state index >= 15 is 0 Å². The fourth-order valence-electron chi connectivity index (χ4n) is 3.94. The molecular formula is C21H24FN3O3. The van der Waals surface area contributed by atoms with Gasteiger partial charge in [0.25, 0.3) is 5.91 Å². The summed E-state index contributed by atoms with van der Waals surface area (Å²) in [6.45, 7) is 2.75. The maximum atomic E-state index is 14.4. The largest absolute Gasteiger partial charge is 0.459 e. The molecule has 0 atom stereocenters.